The maximum Gasteiger partial charge on any atom is 0.416 e. The van der Waals surface area contributed by atoms with E-state index >= 15 is 0 Å². The first kappa shape index (κ1) is 21.4. The molecular weight excluding hydrogens is 401 g/mol. The van der Waals surface area contributed by atoms with E-state index in [-0.39, 0.29) is 24.5 Å². The number of aliphatic hydroxyl groups excluding tert-OH is 1. The van der Waals surface area contributed by atoms with E-state index in [4.69, 9.17) is 4.74 Å². The number of ether oxygens (including phenoxy) is 1. The van der Waals surface area contributed by atoms with Crippen LogP contribution >= 0.6 is 0 Å². The second kappa shape index (κ2) is 8.58. The number of Topliss-reactive ketones (excluding diaryl/α,β-unsaturated/α-hetero) is 1. The zero-order valence-corrected chi connectivity index (χ0v) is 15.9. The first-order valence-electron chi connectivity index (χ1n) is 9.04. The van der Waals surface area contributed by atoms with Gasteiger partial charge in [0, 0.05) is 23.1 Å². The lowest BCUT2D eigenvalue weighted by molar-refractivity contribution is -0.137. The van der Waals surface area contributed by atoms with Gasteiger partial charge in [-0.3, -0.25) is 9.59 Å². The first-order chi connectivity index (χ1) is 14.2. The van der Waals surface area contributed by atoms with Gasteiger partial charge in [-0.15, -0.1) is 0 Å². The molecule has 0 aliphatic heterocycles. The molecule has 1 heterocycles. The minimum absolute atomic E-state index is 0.0688. The van der Waals surface area contributed by atoms with Crippen LogP contribution in [0.3, 0.4) is 0 Å². The Hall–Kier alpha value is -3.33. The molecule has 9 heteroatoms. The highest BCUT2D eigenvalue weighted by Gasteiger charge is 2.30. The van der Waals surface area contributed by atoms with Crippen molar-refractivity contribution in [1.82, 2.24) is 10.3 Å². The number of ketones is 1. The molecule has 0 bridgehead atoms. The van der Waals surface area contributed by atoms with Crippen molar-refractivity contribution in [2.45, 2.75) is 19.2 Å². The van der Waals surface area contributed by atoms with Crippen LogP contribution in [0.4, 0.5) is 13.2 Å². The van der Waals surface area contributed by atoms with E-state index in [0.717, 1.165) is 17.6 Å². The molecule has 3 aromatic rings. The number of hydrogen-bond acceptors (Lipinski definition) is 4. The van der Waals surface area contributed by atoms with Crippen molar-refractivity contribution in [2.24, 2.45) is 0 Å². The zero-order chi connectivity index (χ0) is 21.9. The van der Waals surface area contributed by atoms with Crippen LogP contribution in [0.1, 0.15) is 21.6 Å². The molecule has 0 radical (unpaired) electrons. The lowest BCUT2D eigenvalue weighted by Crippen LogP contribution is -2.39. The van der Waals surface area contributed by atoms with Crippen LogP contribution in [-0.4, -0.2) is 41.0 Å². The van der Waals surface area contributed by atoms with E-state index in [9.17, 15) is 27.9 Å². The lowest BCUT2D eigenvalue weighted by Gasteiger charge is -2.14. The lowest BCUT2D eigenvalue weighted by atomic mass is 10.1. The van der Waals surface area contributed by atoms with Crippen molar-refractivity contribution in [1.29, 1.82) is 0 Å². The van der Waals surface area contributed by atoms with Crippen LogP contribution < -0.4 is 10.1 Å². The number of hydrogen-bond donors (Lipinski definition) is 3. The molecular formula is C21H19F3N2O4. The second-order valence-electron chi connectivity index (χ2n) is 6.70. The predicted molar refractivity (Wildman–Crippen MR) is 103 cm³/mol. The molecule has 1 unspecified atom stereocenters. The third kappa shape index (κ3) is 4.80. The van der Waals surface area contributed by atoms with Gasteiger partial charge in [-0.2, -0.15) is 13.2 Å². The van der Waals surface area contributed by atoms with Crippen LogP contribution in [-0.2, 0) is 11.0 Å². The summed E-state index contributed by atoms with van der Waals surface area (Å²) in [7, 11) is 0. The number of amides is 1. The number of alkyl halides is 3. The minimum Gasteiger partial charge on any atom is -0.491 e. The zero-order valence-electron chi connectivity index (χ0n) is 15.9. The van der Waals surface area contributed by atoms with Gasteiger partial charge < -0.3 is 20.1 Å². The average molecular weight is 420 g/mol. The van der Waals surface area contributed by atoms with Gasteiger partial charge >= 0.3 is 6.18 Å². The highest BCUT2D eigenvalue weighted by atomic mass is 19.4. The summed E-state index contributed by atoms with van der Waals surface area (Å²) in [6.45, 7) is 1.02. The Kier molecular flexibility index (Phi) is 6.12. The van der Waals surface area contributed by atoms with Crippen molar-refractivity contribution in [3.63, 3.8) is 0 Å². The second-order valence-corrected chi connectivity index (χ2v) is 6.70. The third-order valence-corrected chi connectivity index (χ3v) is 4.43. The van der Waals surface area contributed by atoms with Crippen LogP contribution in [0.25, 0.3) is 10.9 Å². The Bertz CT molecular complexity index is 1080. The van der Waals surface area contributed by atoms with Crippen molar-refractivity contribution >= 4 is 22.6 Å². The number of para-hydroxylation sites is 1. The maximum absolute atomic E-state index is 12.7. The van der Waals surface area contributed by atoms with Gasteiger partial charge in [0.05, 0.1) is 11.1 Å². The number of nitrogens with one attached hydrogen (secondary N) is 2. The minimum atomic E-state index is -4.51. The molecule has 1 amide bonds. The number of H-pyrrole nitrogens is 1. The number of carbonyl (C=O) groups is 2. The van der Waals surface area contributed by atoms with Crippen molar-refractivity contribution in [3.05, 3.63) is 65.4 Å². The summed E-state index contributed by atoms with van der Waals surface area (Å²) in [5, 5.41) is 12.9. The molecule has 1 aromatic heterocycles. The van der Waals surface area contributed by atoms with Crippen LogP contribution in [0.15, 0.2) is 48.5 Å². The third-order valence-electron chi connectivity index (χ3n) is 4.43. The Balaban J connectivity index is 1.56. The highest BCUT2D eigenvalue weighted by molar-refractivity contribution is 6.45. The van der Waals surface area contributed by atoms with E-state index < -0.39 is 29.5 Å². The van der Waals surface area contributed by atoms with Gasteiger partial charge in [0.15, 0.2) is 0 Å². The fourth-order valence-electron chi connectivity index (χ4n) is 2.99. The summed E-state index contributed by atoms with van der Waals surface area (Å²) in [5.41, 5.74) is 0.644. The molecule has 2 aromatic carbocycles. The van der Waals surface area contributed by atoms with Gasteiger partial charge in [-0.1, -0.05) is 24.3 Å². The first-order valence-corrected chi connectivity index (χ1v) is 9.04. The number of aromatic amines is 1. The van der Waals surface area contributed by atoms with E-state index in [1.54, 1.807) is 31.2 Å². The molecule has 30 heavy (non-hydrogen) atoms. The van der Waals surface area contributed by atoms with E-state index in [0.29, 0.717) is 11.1 Å². The van der Waals surface area contributed by atoms with Gasteiger partial charge in [-0.05, 0) is 31.2 Å². The molecule has 3 rings (SSSR count). The number of aryl methyl sites for hydroxylation is 1. The smallest absolute Gasteiger partial charge is 0.416 e. The van der Waals surface area contributed by atoms with Crippen molar-refractivity contribution in [3.8, 4) is 5.75 Å². The molecule has 0 aliphatic rings. The predicted octanol–water partition coefficient (Wildman–Crippen LogP) is 3.23. The summed E-state index contributed by atoms with van der Waals surface area (Å²) in [5.74, 6) is -1.72. The largest absolute Gasteiger partial charge is 0.491 e. The fraction of sp³-hybridized carbons (Fsp3) is 0.238. The molecule has 6 nitrogen and oxygen atoms in total. The number of carbonyl (C=O) groups excluding carboxylic acids is 2. The van der Waals surface area contributed by atoms with E-state index in [1.807, 2.05) is 0 Å². The summed E-state index contributed by atoms with van der Waals surface area (Å²) in [6, 6.07) is 11.3. The highest BCUT2D eigenvalue weighted by Crippen LogP contribution is 2.31. The standard InChI is InChI=1S/C21H19F3N2O4/c1-12-18(16-7-2-3-8-17(16)26-12)19(28)20(29)25-10-14(27)11-30-15-6-4-5-13(9-15)21(22,23)24/h2-9,14,26-27H,10-11H2,1H3,(H,25,29). The number of aliphatic hydroxyl groups is 1. The Morgan fingerprint density at radius 2 is 1.90 bits per heavy atom. The van der Waals surface area contributed by atoms with E-state index in [1.165, 1.54) is 12.1 Å². The molecule has 0 aliphatic carbocycles. The molecule has 1 atom stereocenters. The molecule has 0 spiro atoms. The summed E-state index contributed by atoms with van der Waals surface area (Å²) >= 11 is 0. The van der Waals surface area contributed by atoms with Crippen LogP contribution in [0, 0.1) is 6.92 Å². The van der Waals surface area contributed by atoms with Crippen LogP contribution in [0.5, 0.6) is 5.75 Å². The Morgan fingerprint density at radius 1 is 1.17 bits per heavy atom. The number of rotatable bonds is 7. The van der Waals surface area contributed by atoms with Crippen LogP contribution in [0.2, 0.25) is 0 Å². The topological polar surface area (TPSA) is 91.4 Å². The van der Waals surface area contributed by atoms with Gasteiger partial charge in [0.2, 0.25) is 0 Å². The Labute approximate surface area is 169 Å². The molecule has 0 fully saturated rings. The molecule has 3 N–H and O–H groups in total. The number of fused-ring (bicyclic) bond motifs is 1. The summed E-state index contributed by atoms with van der Waals surface area (Å²) < 4.78 is 43.3. The molecule has 158 valence electrons. The van der Waals surface area contributed by atoms with Crippen molar-refractivity contribution < 1.29 is 32.6 Å². The van der Waals surface area contributed by atoms with E-state index in [2.05, 4.69) is 10.3 Å². The quantitative estimate of drug-likeness (QED) is 0.404. The number of aromatic nitrogens is 1. The number of halogens is 3. The van der Waals surface area contributed by atoms with Gasteiger partial charge in [-0.25, -0.2) is 0 Å². The number of benzene rings is 2. The maximum atomic E-state index is 12.7. The average Bonchev–Trinajstić information content (AvgIpc) is 3.05. The Morgan fingerprint density at radius 3 is 2.63 bits per heavy atom. The summed E-state index contributed by atoms with van der Waals surface area (Å²) in [6.07, 6.45) is -5.73. The van der Waals surface area contributed by atoms with Gasteiger partial charge in [0.25, 0.3) is 11.7 Å². The van der Waals surface area contributed by atoms with Crippen molar-refractivity contribution in [2.75, 3.05) is 13.2 Å². The monoisotopic (exact) mass is 420 g/mol. The van der Waals surface area contributed by atoms with Gasteiger partial charge in [0.1, 0.15) is 18.5 Å². The normalized spacial score (nSPS) is 12.6. The fourth-order valence-corrected chi connectivity index (χ4v) is 2.99. The molecule has 0 saturated heterocycles. The SMILES string of the molecule is Cc1[nH]c2ccccc2c1C(=O)C(=O)NCC(O)COc1cccc(C(F)(F)F)c1. The summed E-state index contributed by atoms with van der Waals surface area (Å²) in [4.78, 5) is 27.8. The molecule has 0 saturated carbocycles.